The van der Waals surface area contributed by atoms with E-state index in [0.717, 1.165) is 6.08 Å². The lowest BCUT2D eigenvalue weighted by Crippen LogP contribution is -2.20. The Morgan fingerprint density at radius 1 is 1.47 bits per heavy atom. The Balaban J connectivity index is 2.30. The highest BCUT2D eigenvalue weighted by Gasteiger charge is 2.39. The van der Waals surface area contributed by atoms with E-state index < -0.39 is 18.5 Å². The third kappa shape index (κ3) is 1.44. The number of rotatable bonds is 2. The van der Waals surface area contributed by atoms with Crippen molar-refractivity contribution in [2.24, 2.45) is 0 Å². The van der Waals surface area contributed by atoms with Crippen LogP contribution < -0.4 is 0 Å². The molecule has 0 fully saturated rings. The van der Waals surface area contributed by atoms with Crippen LogP contribution in [0.25, 0.3) is 0 Å². The molecule has 1 unspecified atom stereocenters. The zero-order chi connectivity index (χ0) is 13.7. The number of carbonyl (C=O) groups is 2. The number of ether oxygens (including phenoxy) is 1. The molecule has 2 N–H and O–H groups in total. The van der Waals surface area contributed by atoms with Crippen LogP contribution in [0.4, 0.5) is 0 Å². The van der Waals surface area contributed by atoms with Gasteiger partial charge in [0.25, 0.3) is 0 Å². The minimum Gasteiger partial charge on any atom is -0.492 e. The lowest BCUT2D eigenvalue weighted by atomic mass is 9.95. The molecule has 3 rings (SSSR count). The van der Waals surface area contributed by atoms with Crippen LogP contribution in [0, 0.1) is 0 Å². The first-order valence-electron chi connectivity index (χ1n) is 5.99. The number of ketones is 2. The number of methoxy groups -OCH3 is 1. The fourth-order valence-electron chi connectivity index (χ4n) is 2.88. The summed E-state index contributed by atoms with van der Waals surface area (Å²) >= 11 is 0. The van der Waals surface area contributed by atoms with Crippen molar-refractivity contribution in [2.45, 2.75) is 25.7 Å². The standard InChI is InChI=1S/C13H13NO5/c1-19-9-4-8(17)12-10(13(9)18)6(5-15)11-7(16)2-3-14(11)12/h4,7,15-16H,2-3,5H2,1H3. The monoisotopic (exact) mass is 263 g/mol. The Kier molecular flexibility index (Phi) is 2.58. The van der Waals surface area contributed by atoms with Crippen LogP contribution in [0.2, 0.25) is 0 Å². The molecule has 0 saturated carbocycles. The highest BCUT2D eigenvalue weighted by molar-refractivity contribution is 6.24. The molecular formula is C13H13NO5. The van der Waals surface area contributed by atoms with E-state index in [9.17, 15) is 19.8 Å². The van der Waals surface area contributed by atoms with Crippen molar-refractivity contribution in [2.75, 3.05) is 7.11 Å². The van der Waals surface area contributed by atoms with Gasteiger partial charge in [-0.25, -0.2) is 0 Å². The molecule has 0 saturated heterocycles. The summed E-state index contributed by atoms with van der Waals surface area (Å²) in [6, 6.07) is 0. The number of aliphatic hydroxyl groups is 2. The van der Waals surface area contributed by atoms with Crippen LogP contribution in [0.3, 0.4) is 0 Å². The van der Waals surface area contributed by atoms with Gasteiger partial charge in [0.1, 0.15) is 5.69 Å². The van der Waals surface area contributed by atoms with E-state index in [-0.39, 0.29) is 22.8 Å². The topological polar surface area (TPSA) is 88.8 Å². The molecule has 0 bridgehead atoms. The Morgan fingerprint density at radius 3 is 2.84 bits per heavy atom. The molecule has 0 radical (unpaired) electrons. The molecule has 1 atom stereocenters. The maximum atomic E-state index is 12.2. The second kappa shape index (κ2) is 4.04. The summed E-state index contributed by atoms with van der Waals surface area (Å²) in [7, 11) is 1.32. The molecule has 1 aromatic rings. The Labute approximate surface area is 108 Å². The van der Waals surface area contributed by atoms with Crippen molar-refractivity contribution in [3.8, 4) is 0 Å². The molecule has 19 heavy (non-hydrogen) atoms. The zero-order valence-electron chi connectivity index (χ0n) is 10.3. The molecule has 6 nitrogen and oxygen atoms in total. The summed E-state index contributed by atoms with van der Waals surface area (Å²) in [5.74, 6) is -0.789. The van der Waals surface area contributed by atoms with Gasteiger partial charge < -0.3 is 19.5 Å². The third-order valence-electron chi connectivity index (χ3n) is 3.67. The molecule has 6 heteroatoms. The predicted molar refractivity (Wildman–Crippen MR) is 63.7 cm³/mol. The van der Waals surface area contributed by atoms with Gasteiger partial charge in [0, 0.05) is 18.2 Å². The highest BCUT2D eigenvalue weighted by Crippen LogP contribution is 2.38. The van der Waals surface area contributed by atoms with E-state index in [1.807, 2.05) is 0 Å². The Bertz CT molecular complexity index is 625. The molecule has 2 heterocycles. The number of hydrogen-bond acceptors (Lipinski definition) is 5. The summed E-state index contributed by atoms with van der Waals surface area (Å²) in [4.78, 5) is 24.3. The number of aliphatic hydroxyl groups excluding tert-OH is 2. The highest BCUT2D eigenvalue weighted by atomic mass is 16.5. The summed E-state index contributed by atoms with van der Waals surface area (Å²) in [6.45, 7) is 0.0751. The average Bonchev–Trinajstić information content (AvgIpc) is 2.92. The van der Waals surface area contributed by atoms with Crippen molar-refractivity contribution in [1.82, 2.24) is 4.57 Å². The summed E-state index contributed by atoms with van der Waals surface area (Å²) < 4.78 is 6.53. The van der Waals surface area contributed by atoms with Crippen molar-refractivity contribution in [1.29, 1.82) is 0 Å². The second-order valence-corrected chi connectivity index (χ2v) is 4.61. The number of hydrogen-bond donors (Lipinski definition) is 2. The number of fused-ring (bicyclic) bond motifs is 3. The van der Waals surface area contributed by atoms with Crippen LogP contribution in [0.15, 0.2) is 11.8 Å². The normalized spacial score (nSPS) is 21.2. The number of aromatic nitrogens is 1. The van der Waals surface area contributed by atoms with Gasteiger partial charge in [-0.2, -0.15) is 0 Å². The molecule has 0 aromatic carbocycles. The van der Waals surface area contributed by atoms with Crippen molar-refractivity contribution in [3.05, 3.63) is 34.3 Å². The minimum absolute atomic E-state index is 0.0361. The van der Waals surface area contributed by atoms with E-state index in [1.165, 1.54) is 7.11 Å². The largest absolute Gasteiger partial charge is 0.492 e. The van der Waals surface area contributed by atoms with E-state index in [4.69, 9.17) is 4.74 Å². The average molecular weight is 263 g/mol. The number of nitrogens with zero attached hydrogens (tertiary/aromatic N) is 1. The van der Waals surface area contributed by atoms with E-state index >= 15 is 0 Å². The summed E-state index contributed by atoms with van der Waals surface area (Å²) in [5.41, 5.74) is 1.22. The number of allylic oxidation sites excluding steroid dienone is 2. The van der Waals surface area contributed by atoms with Gasteiger partial charge in [0.05, 0.1) is 31.1 Å². The number of carbonyl (C=O) groups excluding carboxylic acids is 2. The molecule has 2 aliphatic rings. The lowest BCUT2D eigenvalue weighted by molar-refractivity contribution is 0.0911. The molecular weight excluding hydrogens is 250 g/mol. The lowest BCUT2D eigenvalue weighted by Gasteiger charge is -2.13. The molecule has 100 valence electrons. The summed E-state index contributed by atoms with van der Waals surface area (Å²) in [6.07, 6.45) is 0.890. The smallest absolute Gasteiger partial charge is 0.230 e. The van der Waals surface area contributed by atoms with Gasteiger partial charge in [-0.1, -0.05) is 0 Å². The van der Waals surface area contributed by atoms with E-state index in [2.05, 4.69) is 0 Å². The van der Waals surface area contributed by atoms with Crippen LogP contribution in [0.5, 0.6) is 0 Å². The maximum Gasteiger partial charge on any atom is 0.230 e. The van der Waals surface area contributed by atoms with Crippen LogP contribution in [0.1, 0.15) is 44.6 Å². The third-order valence-corrected chi connectivity index (χ3v) is 3.67. The van der Waals surface area contributed by atoms with Gasteiger partial charge in [-0.3, -0.25) is 9.59 Å². The van der Waals surface area contributed by atoms with Crippen molar-refractivity contribution in [3.63, 3.8) is 0 Å². The number of Topliss-reactive ketones (excluding diaryl/α,β-unsaturated/α-hetero) is 1. The van der Waals surface area contributed by atoms with Crippen molar-refractivity contribution >= 4 is 11.6 Å². The summed E-state index contributed by atoms with van der Waals surface area (Å²) in [5, 5.41) is 19.4. The molecule has 0 spiro atoms. The second-order valence-electron chi connectivity index (χ2n) is 4.61. The van der Waals surface area contributed by atoms with Gasteiger partial charge in [0.2, 0.25) is 11.6 Å². The van der Waals surface area contributed by atoms with Crippen LogP contribution >= 0.6 is 0 Å². The SMILES string of the molecule is COC1=CC(=O)c2c(c(CO)c3n2CCC3O)C1=O. The van der Waals surface area contributed by atoms with Gasteiger partial charge in [-0.15, -0.1) is 0 Å². The molecule has 0 amide bonds. The fraction of sp³-hybridized carbons (Fsp3) is 0.385. The molecule has 1 aliphatic heterocycles. The Hall–Kier alpha value is -1.92. The zero-order valence-corrected chi connectivity index (χ0v) is 10.3. The predicted octanol–water partition coefficient (Wildman–Crippen LogP) is 0.327. The van der Waals surface area contributed by atoms with Gasteiger partial charge in [-0.05, 0) is 6.42 Å². The fourth-order valence-corrected chi connectivity index (χ4v) is 2.88. The van der Waals surface area contributed by atoms with E-state index in [1.54, 1.807) is 4.57 Å². The first-order valence-corrected chi connectivity index (χ1v) is 5.99. The minimum atomic E-state index is -0.751. The van der Waals surface area contributed by atoms with Gasteiger partial charge >= 0.3 is 0 Å². The van der Waals surface area contributed by atoms with E-state index in [0.29, 0.717) is 24.2 Å². The van der Waals surface area contributed by atoms with Crippen molar-refractivity contribution < 1.29 is 24.5 Å². The van der Waals surface area contributed by atoms with Gasteiger partial charge in [0.15, 0.2) is 5.76 Å². The quantitative estimate of drug-likeness (QED) is 0.802. The van der Waals surface area contributed by atoms with Crippen LogP contribution in [-0.2, 0) is 17.9 Å². The molecule has 1 aliphatic carbocycles. The first kappa shape index (κ1) is 12.1. The first-order chi connectivity index (χ1) is 9.10. The molecule has 1 aromatic heterocycles. The Morgan fingerprint density at radius 2 is 2.21 bits per heavy atom. The van der Waals surface area contributed by atoms with Crippen LogP contribution in [-0.4, -0.2) is 33.5 Å². The maximum absolute atomic E-state index is 12.2.